The number of amides is 8. The van der Waals surface area contributed by atoms with Crippen molar-refractivity contribution < 1.29 is 137 Å². The van der Waals surface area contributed by atoms with Gasteiger partial charge in [0.15, 0.2) is 46.0 Å². The summed E-state index contributed by atoms with van der Waals surface area (Å²) >= 11 is 0. The number of hydrogen-bond acceptors (Lipinski definition) is 16. The number of rotatable bonds is 4. The number of aromatic amines is 4. The lowest BCUT2D eigenvalue weighted by Gasteiger charge is -2.46. The van der Waals surface area contributed by atoms with Crippen LogP contribution in [0.15, 0.2) is 169 Å². The van der Waals surface area contributed by atoms with Crippen LogP contribution >= 0.6 is 0 Å². The van der Waals surface area contributed by atoms with E-state index in [0.717, 1.165) is 14.7 Å². The van der Waals surface area contributed by atoms with Gasteiger partial charge < -0.3 is 97.0 Å². The highest BCUT2D eigenvalue weighted by Gasteiger charge is 2.53. The molecular formula is C88H76N12O16. The molecule has 0 radical (unpaired) electrons. The summed E-state index contributed by atoms with van der Waals surface area (Å²) in [6.45, 7) is -22.3. The molecular weight excluding hydrogens is 1480 g/mol. The van der Waals surface area contributed by atoms with Gasteiger partial charge >= 0.3 is 0 Å². The third kappa shape index (κ3) is 11.1. The second-order valence-corrected chi connectivity index (χ2v) is 27.1. The number of carbonyl (C=O) groups is 8. The molecule has 4 N–H and O–H groups in total. The molecule has 4 aromatic heterocycles. The average Bonchev–Trinajstić information content (AvgIpc) is 1.50. The molecule has 584 valence electrons. The fourth-order valence-electron chi connectivity index (χ4n) is 15.7. The number of hydrogen-bond donors (Lipinski definition) is 4. The van der Waals surface area contributed by atoms with E-state index in [9.17, 15) is 38.4 Å². The van der Waals surface area contributed by atoms with E-state index in [1.54, 1.807) is 48.5 Å². The van der Waals surface area contributed by atoms with Gasteiger partial charge in [0.1, 0.15) is 29.7 Å². The molecule has 8 atom stereocenters. The van der Waals surface area contributed by atoms with E-state index in [1.807, 2.05) is 0 Å². The van der Waals surface area contributed by atoms with Crippen LogP contribution in [0.2, 0.25) is 0 Å². The van der Waals surface area contributed by atoms with E-state index in [4.69, 9.17) is 98.2 Å². The van der Waals surface area contributed by atoms with Crippen LogP contribution in [0.5, 0.6) is 46.0 Å². The smallest absolute Gasteiger partial charge is 0.245 e. The summed E-state index contributed by atoms with van der Waals surface area (Å²) in [5, 5.41) is 0.0119. The number of para-hydroxylation sites is 4. The predicted molar refractivity (Wildman–Crippen MR) is 419 cm³/mol. The maximum Gasteiger partial charge on any atom is 0.245 e. The van der Waals surface area contributed by atoms with Gasteiger partial charge in [-0.2, -0.15) is 0 Å². The summed E-state index contributed by atoms with van der Waals surface area (Å²) in [5.41, 5.74) is -2.56. The van der Waals surface area contributed by atoms with Crippen molar-refractivity contribution in [3.8, 4) is 46.0 Å². The molecule has 0 spiro atoms. The highest BCUT2D eigenvalue weighted by Crippen LogP contribution is 2.51. The van der Waals surface area contributed by atoms with Crippen LogP contribution in [0, 0.1) is 0 Å². The van der Waals surface area contributed by atoms with E-state index in [1.165, 1.54) is 0 Å². The van der Waals surface area contributed by atoms with Gasteiger partial charge in [0.2, 0.25) is 74.3 Å². The van der Waals surface area contributed by atoms with Crippen molar-refractivity contribution in [2.45, 2.75) is 73.8 Å². The van der Waals surface area contributed by atoms with Gasteiger partial charge in [-0.25, -0.2) is 0 Å². The number of H-pyrrole nitrogens is 4. The molecule has 0 aliphatic carbocycles. The Kier molecular flexibility index (Phi) is 8.76. The Labute approximate surface area is 723 Å². The number of nitrogens with one attached hydrogen (secondary N) is 4. The first-order valence-corrected chi connectivity index (χ1v) is 34.9. The van der Waals surface area contributed by atoms with Gasteiger partial charge in [-0.3, -0.25) is 38.4 Å². The number of fused-ring (bicyclic) bond motifs is 20. The van der Waals surface area contributed by atoms with Crippen molar-refractivity contribution in [3.63, 3.8) is 0 Å². The first kappa shape index (κ1) is 37.8. The van der Waals surface area contributed by atoms with Crippen molar-refractivity contribution in [3.05, 3.63) is 237 Å². The van der Waals surface area contributed by atoms with Gasteiger partial charge in [0.05, 0.1) is 77.8 Å². The molecule has 8 aromatic carbocycles. The van der Waals surface area contributed by atoms with E-state index < -0.39 is 342 Å². The molecule has 24 rings (SSSR count). The zero-order valence-electron chi connectivity index (χ0n) is 103. The van der Waals surface area contributed by atoms with Crippen LogP contribution in [0.1, 0.15) is 152 Å². The summed E-state index contributed by atoms with van der Waals surface area (Å²) in [6, 6.07) is -13.8. The number of benzene rings is 8. The Morgan fingerprint density at radius 2 is 0.603 bits per heavy atom. The zero-order chi connectivity index (χ0) is 117. The van der Waals surface area contributed by atoms with Crippen LogP contribution in [0.3, 0.4) is 0 Å². The molecule has 0 saturated carbocycles. The molecule has 4 fully saturated rings. The van der Waals surface area contributed by atoms with Crippen LogP contribution in [-0.4, -0.2) is 212 Å². The lowest BCUT2D eigenvalue weighted by Crippen LogP contribution is -2.62. The molecule has 12 aliphatic heterocycles. The summed E-state index contributed by atoms with van der Waals surface area (Å²) in [4.78, 5) is 125. The van der Waals surface area contributed by atoms with E-state index >= 15 is 0 Å². The SMILES string of the molecule is [2H]c1c([2H])c(C2c3[nH]c4c([2H])c([2H])c([2H])c([2H])c4c3C([2H])([2H])[C@@H]3C(=O)N(C([2H])([2H])[2H])CC(=O)N23)c([2H])c2c1OC([2H])([2H])O2.[2H]c1c([2H])c(C2c3[nH]c4c([2H])c([2H])c([2H])c([2H])c4c3C([2H])([2H])[C@@H]3C(=O)N(C([2H])([2H])[2H])CC(=O)N23)c([2H])c2c1OCO2.[2H]c1c([2H])c(C2c3[nH]c4ccccc4c3C([2H])([2H])[C@@H]3C(=O)N(C([2H])([2H])[2H])CC(=O)N23)c([2H])c2c1OC([2H])([2H])O2.[2H]c1c([2H])c(C2c3[nH]c4ccccc4c3C([2H])([2H])[C@@H]3C(=O)N(C([2H])([2H])[2H])CC(=O)N23)c([2H])c2c1OCO2. The van der Waals surface area contributed by atoms with Crippen LogP contribution < -0.4 is 37.9 Å². The quantitative estimate of drug-likeness (QED) is 0.128. The standard InChI is InChI=1S/4C22H19N3O4/c4*1-24-10-19(26)25-16(22(24)27)9-14-13-4-2-3-5-15(13)23-20(14)21(25)12-6-7-17-18(8-12)29-11-28-17/h4*2-8,16,21,23H,9-11H2,1H3/t4*16-,21?/m1111/s1/i1D3,2D,3D,4D,5D,6D,7D,8D,9D2,11D2;1D3,2D,3D,4D,5D,6D,7D,8D,9D2;1D3,6D,7D,8D,9D2,11D2;1D3,6D,7D,8D,9D2. The number of likely N-dealkylation sites (N-methyl/N-ethyl adjacent to an activating group) is 4. The molecule has 0 bridgehead atoms. The van der Waals surface area contributed by atoms with Crippen LogP contribution in [0.4, 0.5) is 0 Å². The Balaban J connectivity index is 0.000000123. The summed E-state index contributed by atoms with van der Waals surface area (Å²) in [7, 11) is 0. The second-order valence-electron chi connectivity index (χ2n) is 27.1. The third-order valence-electron chi connectivity index (χ3n) is 20.7. The fraction of sp³-hybridized carbons (Fsp3) is 0.273. The van der Waals surface area contributed by atoms with E-state index in [-0.39, 0.29) is 125 Å². The van der Waals surface area contributed by atoms with Gasteiger partial charge in [0.25, 0.3) is 0 Å². The number of piperazine rings is 4. The number of ether oxygens (including phenoxy) is 8. The van der Waals surface area contributed by atoms with Crippen molar-refractivity contribution in [1.82, 2.24) is 59.1 Å². The first-order chi connectivity index (χ1) is 74.1. The van der Waals surface area contributed by atoms with Gasteiger partial charge in [-0.15, -0.1) is 0 Å². The Bertz CT molecular complexity index is 8580. The maximum atomic E-state index is 13.7. The minimum Gasteiger partial charge on any atom is -0.454 e. The Morgan fingerprint density at radius 1 is 0.328 bits per heavy atom. The summed E-state index contributed by atoms with van der Waals surface area (Å²) in [5.74, 6) is -11.7. The molecule has 16 heterocycles. The topological polar surface area (TPSA) is 299 Å². The molecule has 28 nitrogen and oxygen atoms in total. The monoisotopic (exact) mass is 1600 g/mol. The molecule has 12 aromatic rings. The van der Waals surface area contributed by atoms with Crippen molar-refractivity contribution in [2.24, 2.45) is 0 Å². The molecule has 4 unspecified atom stereocenters. The normalized spacial score (nSPS) is 31.3. The third-order valence-corrected chi connectivity index (χ3v) is 20.7. The lowest BCUT2D eigenvalue weighted by atomic mass is 9.86. The average molecular weight is 1600 g/mol. The minimum atomic E-state index is -3.17. The van der Waals surface area contributed by atoms with Gasteiger partial charge in [-0.05, 0) is 117 Å². The Morgan fingerprint density at radius 3 is 0.940 bits per heavy atom. The number of nitrogens with zero attached hydrogens (tertiary/aromatic N) is 8. The molecule has 116 heavy (non-hydrogen) atoms. The number of aromatic nitrogens is 4. The zero-order valence-corrected chi connectivity index (χ0v) is 58.6. The Hall–Kier alpha value is -13.9. The largest absolute Gasteiger partial charge is 0.454 e. The van der Waals surface area contributed by atoms with Gasteiger partial charge in [-0.1, -0.05) is 96.8 Å². The summed E-state index contributed by atoms with van der Waals surface area (Å²) in [6.07, 6.45) is -11.0. The minimum absolute atomic E-state index is 0.0193. The fourth-order valence-corrected chi connectivity index (χ4v) is 15.7. The first-order valence-electron chi connectivity index (χ1n) is 56.9. The van der Waals surface area contributed by atoms with Crippen molar-refractivity contribution in [2.75, 3.05) is 81.2 Å². The van der Waals surface area contributed by atoms with Crippen molar-refractivity contribution in [1.29, 1.82) is 0 Å². The molecule has 28 heteroatoms. The maximum absolute atomic E-state index is 13.7. The van der Waals surface area contributed by atoms with E-state index in [2.05, 4.69) is 19.9 Å². The molecule has 4 saturated heterocycles. The highest BCUT2D eigenvalue weighted by atomic mass is 16.7. The second kappa shape index (κ2) is 26.9. The van der Waals surface area contributed by atoms with Crippen molar-refractivity contribution >= 4 is 90.9 Å². The molecule has 12 aliphatic rings. The van der Waals surface area contributed by atoms with E-state index in [0.29, 0.717) is 36.5 Å². The predicted octanol–water partition coefficient (Wildman–Crippen LogP) is 8.85. The van der Waals surface area contributed by atoms with Crippen LogP contribution in [-0.2, 0) is 63.8 Å². The van der Waals surface area contributed by atoms with Crippen LogP contribution in [0.25, 0.3) is 43.6 Å². The molecule has 8 amide bonds. The van der Waals surface area contributed by atoms with Gasteiger partial charge in [0, 0.05) is 147 Å². The number of carbonyl (C=O) groups excluding carboxylic acids is 8. The highest BCUT2D eigenvalue weighted by molar-refractivity contribution is 6.02. The lowest BCUT2D eigenvalue weighted by molar-refractivity contribution is -0.157. The summed E-state index contributed by atoms with van der Waals surface area (Å²) < 4.78 is 408.